The van der Waals surface area contributed by atoms with E-state index in [1.165, 1.54) is 0 Å². The van der Waals surface area contributed by atoms with E-state index in [-0.39, 0.29) is 25.0 Å². The van der Waals surface area contributed by atoms with Gasteiger partial charge in [-0.1, -0.05) is 24.3 Å². The van der Waals surface area contributed by atoms with E-state index >= 15 is 0 Å². The van der Waals surface area contributed by atoms with Crippen molar-refractivity contribution >= 4 is 17.8 Å². The predicted octanol–water partition coefficient (Wildman–Crippen LogP) is -0.0365. The fourth-order valence-electron chi connectivity index (χ4n) is 6.25. The van der Waals surface area contributed by atoms with Gasteiger partial charge in [0.15, 0.2) is 0 Å². The standard InChI is InChI=1S/C26H37N3O7/c30-15-4-1-3-10-29-22-24(32)28(12-11-27-13-17-34-18-14-27)9-6-8-26(22)21(23(29)31)20-19(36-26)7-2-5-16-35-25(20)33/h2,6-8,19-22,30H,1,3-5,9-18H2/t19-,20+,21+,22?,26+/m1/s1. The van der Waals surface area contributed by atoms with E-state index in [0.717, 1.165) is 26.1 Å². The number of hydrogen-bond acceptors (Lipinski definition) is 8. The number of unbranched alkanes of at least 4 members (excludes halogenated alkanes) is 2. The van der Waals surface area contributed by atoms with Crippen LogP contribution in [0.5, 0.6) is 0 Å². The summed E-state index contributed by atoms with van der Waals surface area (Å²) in [6.07, 6.45) is 9.59. The molecule has 10 heteroatoms. The van der Waals surface area contributed by atoms with Crippen LogP contribution in [-0.4, -0.2) is 121 Å². The maximum absolute atomic E-state index is 14.1. The van der Waals surface area contributed by atoms with Gasteiger partial charge in [-0.15, -0.1) is 0 Å². The van der Waals surface area contributed by atoms with Crippen molar-refractivity contribution in [3.05, 3.63) is 24.3 Å². The molecule has 5 heterocycles. The number of amides is 2. The third-order valence-corrected chi connectivity index (χ3v) is 8.05. The number of morpholine rings is 1. The van der Waals surface area contributed by atoms with Crippen molar-refractivity contribution in [1.29, 1.82) is 0 Å². The van der Waals surface area contributed by atoms with Gasteiger partial charge in [0.05, 0.1) is 31.8 Å². The van der Waals surface area contributed by atoms with Gasteiger partial charge < -0.3 is 29.1 Å². The second kappa shape index (κ2) is 11.0. The fraction of sp³-hybridized carbons (Fsp3) is 0.731. The minimum Gasteiger partial charge on any atom is -0.465 e. The van der Waals surface area contributed by atoms with Crippen LogP contribution >= 0.6 is 0 Å². The monoisotopic (exact) mass is 503 g/mol. The summed E-state index contributed by atoms with van der Waals surface area (Å²) in [4.78, 5) is 46.8. The largest absolute Gasteiger partial charge is 0.465 e. The Hall–Kier alpha value is -2.27. The van der Waals surface area contributed by atoms with Crippen molar-refractivity contribution in [1.82, 2.24) is 14.7 Å². The predicted molar refractivity (Wildman–Crippen MR) is 129 cm³/mol. The Balaban J connectivity index is 1.43. The molecule has 36 heavy (non-hydrogen) atoms. The topological polar surface area (TPSA) is 109 Å². The lowest BCUT2D eigenvalue weighted by Crippen LogP contribution is -2.56. The number of fused-ring (bicyclic) bond motifs is 2. The number of nitrogens with zero attached hydrogens (tertiary/aromatic N) is 3. The summed E-state index contributed by atoms with van der Waals surface area (Å²) in [5.74, 6) is -2.39. The molecule has 0 bridgehead atoms. The Morgan fingerprint density at radius 1 is 0.972 bits per heavy atom. The average molecular weight is 504 g/mol. The highest BCUT2D eigenvalue weighted by Crippen LogP contribution is 2.53. The minimum absolute atomic E-state index is 0.0893. The molecular weight excluding hydrogens is 466 g/mol. The molecule has 198 valence electrons. The number of esters is 1. The number of rotatable bonds is 8. The number of aliphatic hydroxyl groups is 1. The van der Waals surface area contributed by atoms with Gasteiger partial charge >= 0.3 is 5.97 Å². The SMILES string of the molecule is O=C1OCCC=C[C@H]2O[C@]34C=CCN(CCN5CCOCC5)C(=O)C3N(CCCCCO)C(=O)[C@@H]4[C@@H]12. The Kier molecular flexibility index (Phi) is 7.76. The Morgan fingerprint density at radius 2 is 1.81 bits per heavy atom. The van der Waals surface area contributed by atoms with Gasteiger partial charge in [-0.3, -0.25) is 19.3 Å². The molecule has 0 aromatic heterocycles. The van der Waals surface area contributed by atoms with Gasteiger partial charge in [0.2, 0.25) is 11.8 Å². The third kappa shape index (κ3) is 4.60. The van der Waals surface area contributed by atoms with Crippen molar-refractivity contribution in [3.8, 4) is 0 Å². The summed E-state index contributed by atoms with van der Waals surface area (Å²) in [7, 11) is 0. The summed E-state index contributed by atoms with van der Waals surface area (Å²) >= 11 is 0. The summed E-state index contributed by atoms with van der Waals surface area (Å²) < 4.78 is 17.5. The molecule has 0 radical (unpaired) electrons. The van der Waals surface area contributed by atoms with Gasteiger partial charge in [0.1, 0.15) is 17.6 Å². The molecule has 1 N–H and O–H groups in total. The molecular formula is C26H37N3O7. The van der Waals surface area contributed by atoms with Crippen molar-refractivity contribution < 1.29 is 33.7 Å². The first-order valence-electron chi connectivity index (χ1n) is 13.3. The smallest absolute Gasteiger partial charge is 0.312 e. The molecule has 3 saturated heterocycles. The van der Waals surface area contributed by atoms with Crippen LogP contribution in [0.15, 0.2) is 24.3 Å². The zero-order chi connectivity index (χ0) is 25.1. The van der Waals surface area contributed by atoms with Crippen LogP contribution in [0.2, 0.25) is 0 Å². The van der Waals surface area contributed by atoms with Crippen LogP contribution in [0.4, 0.5) is 0 Å². The Bertz CT molecular complexity index is 902. The normalized spacial score (nSPS) is 34.6. The second-order valence-corrected chi connectivity index (χ2v) is 10.2. The summed E-state index contributed by atoms with van der Waals surface area (Å²) in [6, 6.07) is -0.831. The molecule has 0 aromatic rings. The van der Waals surface area contributed by atoms with Gasteiger partial charge in [0, 0.05) is 45.9 Å². The number of carbonyl (C=O) groups is 3. The molecule has 5 atom stereocenters. The lowest BCUT2D eigenvalue weighted by Gasteiger charge is -2.36. The first-order chi connectivity index (χ1) is 17.6. The zero-order valence-corrected chi connectivity index (χ0v) is 20.8. The maximum atomic E-state index is 14.1. The van der Waals surface area contributed by atoms with Gasteiger partial charge in [-0.05, 0) is 25.7 Å². The van der Waals surface area contributed by atoms with Crippen LogP contribution in [0.1, 0.15) is 25.7 Å². The highest BCUT2D eigenvalue weighted by molar-refractivity contribution is 5.99. The van der Waals surface area contributed by atoms with Crippen molar-refractivity contribution in [2.45, 2.75) is 43.4 Å². The number of cyclic esters (lactones) is 1. The zero-order valence-electron chi connectivity index (χ0n) is 20.8. The third-order valence-electron chi connectivity index (χ3n) is 8.05. The minimum atomic E-state index is -1.21. The van der Waals surface area contributed by atoms with E-state index in [9.17, 15) is 19.5 Å². The molecule has 5 rings (SSSR count). The fourth-order valence-corrected chi connectivity index (χ4v) is 6.25. The van der Waals surface area contributed by atoms with Crippen LogP contribution < -0.4 is 0 Å². The van der Waals surface area contributed by atoms with E-state index in [4.69, 9.17) is 14.2 Å². The lowest BCUT2D eigenvalue weighted by molar-refractivity contribution is -0.155. The van der Waals surface area contributed by atoms with E-state index in [2.05, 4.69) is 4.90 Å². The molecule has 0 saturated carbocycles. The van der Waals surface area contributed by atoms with Gasteiger partial charge in [-0.2, -0.15) is 0 Å². The highest BCUT2D eigenvalue weighted by atomic mass is 16.6. The molecule has 1 unspecified atom stereocenters. The van der Waals surface area contributed by atoms with Crippen molar-refractivity contribution in [3.63, 3.8) is 0 Å². The molecule has 0 aromatic carbocycles. The van der Waals surface area contributed by atoms with Gasteiger partial charge in [0.25, 0.3) is 0 Å². The quantitative estimate of drug-likeness (QED) is 0.279. The number of aliphatic hydroxyl groups excluding tert-OH is 1. The van der Waals surface area contributed by atoms with Crippen LogP contribution in [0, 0.1) is 11.8 Å². The van der Waals surface area contributed by atoms with Crippen LogP contribution in [0.3, 0.4) is 0 Å². The van der Waals surface area contributed by atoms with Crippen LogP contribution in [-0.2, 0) is 28.6 Å². The summed E-state index contributed by atoms with van der Waals surface area (Å²) in [5, 5.41) is 9.18. The number of carbonyl (C=O) groups excluding carboxylic acids is 3. The van der Waals surface area contributed by atoms with Crippen molar-refractivity contribution in [2.24, 2.45) is 11.8 Å². The van der Waals surface area contributed by atoms with Gasteiger partial charge in [-0.25, -0.2) is 0 Å². The Morgan fingerprint density at radius 3 is 2.61 bits per heavy atom. The first kappa shape index (κ1) is 25.4. The van der Waals surface area contributed by atoms with E-state index in [0.29, 0.717) is 52.1 Å². The molecule has 0 aliphatic carbocycles. The second-order valence-electron chi connectivity index (χ2n) is 10.2. The molecule has 10 nitrogen and oxygen atoms in total. The molecule has 3 fully saturated rings. The van der Waals surface area contributed by atoms with E-state index < -0.39 is 35.6 Å². The summed E-state index contributed by atoms with van der Waals surface area (Å²) in [5.41, 5.74) is -1.21. The van der Waals surface area contributed by atoms with Crippen LogP contribution in [0.25, 0.3) is 0 Å². The van der Waals surface area contributed by atoms with E-state index in [1.54, 1.807) is 9.80 Å². The lowest BCUT2D eigenvalue weighted by atomic mass is 9.77. The first-order valence-corrected chi connectivity index (χ1v) is 13.3. The molecule has 5 aliphatic rings. The number of ether oxygens (including phenoxy) is 3. The molecule has 2 amide bonds. The Labute approximate surface area is 211 Å². The molecule has 1 spiro atoms. The van der Waals surface area contributed by atoms with E-state index in [1.807, 2.05) is 24.3 Å². The summed E-state index contributed by atoms with van der Waals surface area (Å²) in [6.45, 7) is 5.50. The maximum Gasteiger partial charge on any atom is 0.312 e. The van der Waals surface area contributed by atoms with Crippen molar-refractivity contribution in [2.75, 3.05) is 65.7 Å². The number of hydrogen-bond donors (Lipinski definition) is 1. The molecule has 5 aliphatic heterocycles. The number of likely N-dealkylation sites (tertiary alicyclic amines) is 1. The average Bonchev–Trinajstić information content (AvgIpc) is 3.25. The highest BCUT2D eigenvalue weighted by Gasteiger charge is 2.71.